The molecule has 11 atom stereocenters. The summed E-state index contributed by atoms with van der Waals surface area (Å²) in [6.07, 6.45) is 11.2. The number of allylic oxidation sites excluding steroid dienone is 2. The van der Waals surface area contributed by atoms with Gasteiger partial charge in [-0.05, 0) is 114 Å². The number of hydrogen-bond donors (Lipinski definition) is 1. The van der Waals surface area contributed by atoms with Crippen LogP contribution in [0.1, 0.15) is 150 Å². The van der Waals surface area contributed by atoms with Crippen molar-refractivity contribution in [1.29, 1.82) is 0 Å². The van der Waals surface area contributed by atoms with E-state index in [0.717, 1.165) is 72.8 Å². The SMILES string of the molecule is CCOC(C)O[C@]1(C)CC[C@@H](O[Si](CC)(CC)CC)CC(=O)O[C@H](/C(C)=C/C=C/[C@@](C)(C[C@@H]2O[C@H]2[C@H](C)[C@H](CC)O[Si](CC)(CC)CC)O[Si](CC)(CC)CC)[C@@H](C)/C=C\[C@@H]1O. The summed E-state index contributed by atoms with van der Waals surface area (Å²) in [4.78, 5) is 14.0. The lowest BCUT2D eigenvalue weighted by Gasteiger charge is -2.39. The van der Waals surface area contributed by atoms with Crippen LogP contribution in [-0.2, 0) is 37.0 Å². The van der Waals surface area contributed by atoms with Gasteiger partial charge in [-0.1, -0.05) is 113 Å². The largest absolute Gasteiger partial charge is 0.457 e. The first kappa shape index (κ1) is 57.2. The minimum atomic E-state index is -2.08. The third-order valence-corrected chi connectivity index (χ3v) is 29.3. The number of carbonyl (C=O) groups excluding carboxylic acids is 1. The third-order valence-electron chi connectivity index (χ3n) is 15.2. The van der Waals surface area contributed by atoms with Gasteiger partial charge >= 0.3 is 5.97 Å². The van der Waals surface area contributed by atoms with Crippen molar-refractivity contribution in [2.45, 2.75) is 258 Å². The number of ether oxygens (including phenoxy) is 4. The number of hydrogen-bond acceptors (Lipinski definition) is 9. The van der Waals surface area contributed by atoms with Crippen LogP contribution >= 0.6 is 0 Å². The van der Waals surface area contributed by atoms with Crippen LogP contribution in [0, 0.1) is 11.8 Å². The highest BCUT2D eigenvalue weighted by Crippen LogP contribution is 2.43. The molecule has 1 fully saturated rings. The Bertz CT molecular complexity index is 1370. The van der Waals surface area contributed by atoms with Gasteiger partial charge in [-0.3, -0.25) is 4.79 Å². The van der Waals surface area contributed by atoms with Crippen molar-refractivity contribution in [2.24, 2.45) is 11.8 Å². The average Bonchev–Trinajstić information content (AvgIpc) is 4.03. The molecule has 362 valence electrons. The zero-order chi connectivity index (χ0) is 46.9. The maximum Gasteiger partial charge on any atom is 0.308 e. The first-order valence-electron chi connectivity index (χ1n) is 25.2. The van der Waals surface area contributed by atoms with Gasteiger partial charge < -0.3 is 37.3 Å². The average molecular weight is 926 g/mol. The molecule has 0 spiro atoms. The number of rotatable bonds is 27. The van der Waals surface area contributed by atoms with Crippen molar-refractivity contribution in [1.82, 2.24) is 0 Å². The molecule has 2 aliphatic heterocycles. The smallest absolute Gasteiger partial charge is 0.308 e. The standard InChI is InChI=1S/C50H96O9Si3/c1-18-43(58-61(23-6,24-7)25-8)40(14)48-44(54-48)37-49(16,59-62(26-9,27-10)28-11)34-29-30-38(12)47-39(13)31-32-45(51)50(17,56-41(15)53-19-2)35-33-42(36-46(52)55-47)57-60(20-3,21-4)22-5/h29-32,34,39-45,47-48,51H,18-28,33,35-37H2,1-17H3/b32-31-,34-29+,38-30+/t39-,40+,41?,42+,43-,44-,45-,47+,48-,49-,50+/m0/s1. The molecule has 0 aromatic carbocycles. The molecule has 0 aromatic heterocycles. The highest BCUT2D eigenvalue weighted by molar-refractivity contribution is 6.74. The fraction of sp³-hybridized carbons (Fsp3) is 0.860. The lowest BCUT2D eigenvalue weighted by molar-refractivity contribution is -0.221. The Morgan fingerprint density at radius 1 is 0.903 bits per heavy atom. The number of carbonyl (C=O) groups is 1. The van der Waals surface area contributed by atoms with Crippen molar-refractivity contribution in [3.63, 3.8) is 0 Å². The summed E-state index contributed by atoms with van der Waals surface area (Å²) in [5, 5.41) is 11.8. The molecule has 12 heteroatoms. The molecule has 0 amide bonds. The van der Waals surface area contributed by atoms with Crippen LogP contribution in [0.5, 0.6) is 0 Å². The Morgan fingerprint density at radius 3 is 1.98 bits per heavy atom. The predicted molar refractivity (Wildman–Crippen MR) is 265 cm³/mol. The van der Waals surface area contributed by atoms with E-state index < -0.39 is 54.7 Å². The van der Waals surface area contributed by atoms with E-state index in [4.69, 9.17) is 32.2 Å². The van der Waals surface area contributed by atoms with E-state index in [0.29, 0.717) is 25.4 Å². The molecule has 0 aromatic rings. The lowest BCUT2D eigenvalue weighted by atomic mass is 9.88. The normalized spacial score (nSPS) is 29.0. The summed E-state index contributed by atoms with van der Waals surface area (Å²) in [7, 11) is -5.86. The molecule has 0 bridgehead atoms. The van der Waals surface area contributed by atoms with Crippen LogP contribution in [0.4, 0.5) is 0 Å². The first-order chi connectivity index (χ1) is 29.2. The molecular weight excluding hydrogens is 829 g/mol. The van der Waals surface area contributed by atoms with Gasteiger partial charge in [-0.2, -0.15) is 0 Å². The molecule has 2 aliphatic rings. The van der Waals surface area contributed by atoms with E-state index in [2.05, 4.69) is 101 Å². The molecule has 62 heavy (non-hydrogen) atoms. The Balaban J connectivity index is 2.53. The van der Waals surface area contributed by atoms with Gasteiger partial charge in [0.15, 0.2) is 31.2 Å². The summed E-state index contributed by atoms with van der Waals surface area (Å²) >= 11 is 0. The van der Waals surface area contributed by atoms with E-state index in [9.17, 15) is 9.90 Å². The topological polar surface area (TPSA) is 105 Å². The van der Waals surface area contributed by atoms with E-state index in [1.807, 2.05) is 40.7 Å². The second-order valence-electron chi connectivity index (χ2n) is 19.2. The number of aliphatic hydroxyl groups excluding tert-OH is 1. The summed E-state index contributed by atoms with van der Waals surface area (Å²) in [6.45, 7) is 37.5. The van der Waals surface area contributed by atoms with Gasteiger partial charge in [0.1, 0.15) is 12.2 Å². The third kappa shape index (κ3) is 16.1. The monoisotopic (exact) mass is 925 g/mol. The van der Waals surface area contributed by atoms with E-state index in [1.165, 1.54) is 0 Å². The minimum Gasteiger partial charge on any atom is -0.457 e. The molecule has 0 aliphatic carbocycles. The van der Waals surface area contributed by atoms with E-state index >= 15 is 0 Å². The van der Waals surface area contributed by atoms with E-state index in [1.54, 1.807) is 6.08 Å². The van der Waals surface area contributed by atoms with Crippen LogP contribution in [0.3, 0.4) is 0 Å². The molecule has 0 saturated carbocycles. The number of cyclic esters (lactones) is 1. The van der Waals surface area contributed by atoms with Crippen molar-refractivity contribution in [3.8, 4) is 0 Å². The summed E-state index contributed by atoms with van der Waals surface area (Å²) < 4.78 is 46.5. The van der Waals surface area contributed by atoms with Crippen molar-refractivity contribution in [2.75, 3.05) is 6.61 Å². The van der Waals surface area contributed by atoms with Gasteiger partial charge in [0.2, 0.25) is 0 Å². The molecule has 2 rings (SSSR count). The van der Waals surface area contributed by atoms with Crippen molar-refractivity contribution >= 4 is 30.9 Å². The first-order valence-corrected chi connectivity index (χ1v) is 32.8. The number of esters is 1. The van der Waals surface area contributed by atoms with Crippen molar-refractivity contribution in [3.05, 3.63) is 36.0 Å². The van der Waals surface area contributed by atoms with Gasteiger partial charge in [-0.25, -0.2) is 0 Å². The summed E-state index contributed by atoms with van der Waals surface area (Å²) in [6, 6.07) is 9.52. The maximum absolute atomic E-state index is 14.0. The quantitative estimate of drug-likeness (QED) is 0.0215. The number of aliphatic hydroxyl groups is 1. The van der Waals surface area contributed by atoms with Crippen molar-refractivity contribution < 1.29 is 42.1 Å². The highest BCUT2D eigenvalue weighted by Gasteiger charge is 2.51. The molecule has 9 nitrogen and oxygen atoms in total. The molecule has 2 heterocycles. The summed E-state index contributed by atoms with van der Waals surface area (Å²) in [5.74, 6) is -0.197. The molecular formula is C50H96O9Si3. The fourth-order valence-electron chi connectivity index (χ4n) is 9.88. The second kappa shape index (κ2) is 26.4. The lowest BCUT2D eigenvalue weighted by Crippen LogP contribution is -2.46. The minimum absolute atomic E-state index is 0.0979. The van der Waals surface area contributed by atoms with Gasteiger partial charge in [0.05, 0.1) is 35.9 Å². The number of epoxide rings is 1. The second-order valence-corrected chi connectivity index (χ2v) is 33.4. The molecule has 1 unspecified atom stereocenters. The van der Waals surface area contributed by atoms with Crippen LogP contribution in [0.2, 0.25) is 54.4 Å². The van der Waals surface area contributed by atoms with Crippen LogP contribution in [0.15, 0.2) is 36.0 Å². The molecule has 0 radical (unpaired) electrons. The van der Waals surface area contributed by atoms with Crippen LogP contribution < -0.4 is 0 Å². The summed E-state index contributed by atoms with van der Waals surface area (Å²) in [5.41, 5.74) is -0.577. The highest BCUT2D eigenvalue weighted by atomic mass is 28.4. The van der Waals surface area contributed by atoms with Gasteiger partial charge in [-0.15, -0.1) is 0 Å². The fourth-order valence-corrected chi connectivity index (χ4v) is 18.9. The Labute approximate surface area is 384 Å². The van der Waals surface area contributed by atoms with Crippen LogP contribution in [0.25, 0.3) is 0 Å². The van der Waals surface area contributed by atoms with Gasteiger partial charge in [0.25, 0.3) is 0 Å². The predicted octanol–water partition coefficient (Wildman–Crippen LogP) is 13.1. The Kier molecular flexibility index (Phi) is 24.4. The zero-order valence-corrected chi connectivity index (χ0v) is 45.9. The maximum atomic E-state index is 14.0. The Hall–Kier alpha value is -0.939. The van der Waals surface area contributed by atoms with Gasteiger partial charge in [0, 0.05) is 31.0 Å². The zero-order valence-electron chi connectivity index (χ0n) is 42.9. The van der Waals surface area contributed by atoms with Crippen LogP contribution in [-0.4, -0.2) is 96.8 Å². The Morgan fingerprint density at radius 2 is 1.47 bits per heavy atom. The van der Waals surface area contributed by atoms with E-state index in [-0.39, 0.29) is 42.7 Å². The molecule has 1 saturated heterocycles. The molecule has 1 N–H and O–H groups in total.